The topological polar surface area (TPSA) is 142 Å². The van der Waals surface area contributed by atoms with Crippen molar-refractivity contribution in [3.63, 3.8) is 0 Å². The van der Waals surface area contributed by atoms with Gasteiger partial charge in [0.05, 0.1) is 44.1 Å². The first-order chi connectivity index (χ1) is 20.2. The van der Waals surface area contributed by atoms with Crippen LogP contribution in [0, 0.1) is 11.6 Å². The number of nitrogens with zero attached hydrogens (tertiary/aromatic N) is 4. The van der Waals surface area contributed by atoms with Crippen LogP contribution in [0.5, 0.6) is 11.5 Å². The van der Waals surface area contributed by atoms with E-state index in [1.807, 2.05) is 0 Å². The molecule has 3 N–H and O–H groups in total. The van der Waals surface area contributed by atoms with Gasteiger partial charge in [0.1, 0.15) is 22.9 Å². The van der Waals surface area contributed by atoms with Crippen molar-refractivity contribution >= 4 is 45.7 Å². The molecule has 4 heterocycles. The molecular weight excluding hydrogens is 552 g/mol. The number of carbonyl (C=O) groups is 2. The normalized spacial score (nSPS) is 14.5. The number of ketones is 1. The summed E-state index contributed by atoms with van der Waals surface area (Å²) >= 11 is 0. The fourth-order valence-electron chi connectivity index (χ4n) is 4.46. The SMILES string of the molecule is C=CC(=O)Nc1cn(C)nc1Nc1cc2nc(NC3CCOC3)c(C(=O)c3c(F)c(OC)cc(OC)c3F)cc2cn1. The van der Waals surface area contributed by atoms with Crippen LogP contribution in [0.25, 0.3) is 10.9 Å². The summed E-state index contributed by atoms with van der Waals surface area (Å²) in [4.78, 5) is 34.6. The molecule has 1 fully saturated rings. The average Bonchev–Trinajstić information content (AvgIpc) is 3.61. The molecule has 1 unspecified atom stereocenters. The molecule has 0 saturated carbocycles. The molecule has 218 valence electrons. The summed E-state index contributed by atoms with van der Waals surface area (Å²) in [6, 6.07) is 3.92. The number of rotatable bonds is 10. The van der Waals surface area contributed by atoms with E-state index >= 15 is 8.78 Å². The average molecular weight is 580 g/mol. The van der Waals surface area contributed by atoms with E-state index in [-0.39, 0.29) is 28.9 Å². The van der Waals surface area contributed by atoms with Crippen molar-refractivity contribution < 1.29 is 32.6 Å². The van der Waals surface area contributed by atoms with Gasteiger partial charge in [-0.2, -0.15) is 5.10 Å². The third-order valence-electron chi connectivity index (χ3n) is 6.53. The summed E-state index contributed by atoms with van der Waals surface area (Å²) in [5.74, 6) is -3.62. The Morgan fingerprint density at radius 1 is 1.14 bits per heavy atom. The van der Waals surface area contributed by atoms with Gasteiger partial charge in [-0.25, -0.2) is 18.7 Å². The van der Waals surface area contributed by atoms with Gasteiger partial charge in [0.25, 0.3) is 0 Å². The second-order valence-corrected chi connectivity index (χ2v) is 9.35. The van der Waals surface area contributed by atoms with E-state index in [1.165, 1.54) is 31.2 Å². The van der Waals surface area contributed by atoms with Crippen LogP contribution < -0.4 is 25.4 Å². The van der Waals surface area contributed by atoms with Crippen molar-refractivity contribution in [2.24, 2.45) is 7.05 Å². The van der Waals surface area contributed by atoms with Crippen molar-refractivity contribution in [1.82, 2.24) is 19.7 Å². The Bertz CT molecular complexity index is 1670. The number of hydrogen-bond donors (Lipinski definition) is 3. The molecule has 1 amide bonds. The summed E-state index contributed by atoms with van der Waals surface area (Å²) in [5.41, 5.74) is -0.0977. The van der Waals surface area contributed by atoms with Crippen LogP contribution in [-0.4, -0.2) is 64.9 Å². The highest BCUT2D eigenvalue weighted by Gasteiger charge is 2.30. The summed E-state index contributed by atoms with van der Waals surface area (Å²) < 4.78 is 47.5. The molecule has 3 aromatic heterocycles. The largest absolute Gasteiger partial charge is 0.494 e. The van der Waals surface area contributed by atoms with Gasteiger partial charge in [-0.1, -0.05) is 6.58 Å². The van der Waals surface area contributed by atoms with Crippen molar-refractivity contribution in [3.8, 4) is 11.5 Å². The van der Waals surface area contributed by atoms with E-state index in [0.29, 0.717) is 47.9 Å². The third-order valence-corrected chi connectivity index (χ3v) is 6.53. The minimum atomic E-state index is -1.16. The Hall–Kier alpha value is -5.11. The molecule has 1 aliphatic heterocycles. The highest BCUT2D eigenvalue weighted by atomic mass is 19.1. The monoisotopic (exact) mass is 579 g/mol. The van der Waals surface area contributed by atoms with Crippen LogP contribution in [0.15, 0.2) is 43.2 Å². The number of amides is 1. The lowest BCUT2D eigenvalue weighted by Crippen LogP contribution is -2.22. The highest BCUT2D eigenvalue weighted by molar-refractivity contribution is 6.14. The van der Waals surface area contributed by atoms with E-state index in [1.54, 1.807) is 19.3 Å². The Kier molecular flexibility index (Phi) is 7.97. The number of halogens is 2. The van der Waals surface area contributed by atoms with Crippen LogP contribution in [0.1, 0.15) is 22.3 Å². The van der Waals surface area contributed by atoms with E-state index < -0.39 is 28.9 Å². The van der Waals surface area contributed by atoms with Gasteiger partial charge in [-0.15, -0.1) is 0 Å². The lowest BCUT2D eigenvalue weighted by atomic mass is 10.00. The van der Waals surface area contributed by atoms with Gasteiger partial charge in [0.2, 0.25) is 11.7 Å². The third kappa shape index (κ3) is 5.56. The molecule has 0 spiro atoms. The van der Waals surface area contributed by atoms with Gasteiger partial charge in [0.15, 0.2) is 29.0 Å². The first kappa shape index (κ1) is 28.4. The number of hydrogen-bond acceptors (Lipinski definition) is 10. The minimum absolute atomic E-state index is 0.0795. The van der Waals surface area contributed by atoms with Crippen molar-refractivity contribution in [3.05, 3.63) is 66.0 Å². The zero-order chi connectivity index (χ0) is 30.0. The molecule has 14 heteroatoms. The standard InChI is InChI=1S/C28H27F2N7O5/c1-5-22(38)33-18-12-37(2)36-28(18)35-21-9-17-14(11-31-21)8-16(27(34-17)32-15-6-7-42-13-15)26(39)23-24(29)19(40-3)10-20(41-4)25(23)30/h5,8-12,15H,1,6-7,13H2,2-4H3,(H,32,34)(H,33,38)(H,31,35,36). The van der Waals surface area contributed by atoms with Gasteiger partial charge < -0.3 is 30.2 Å². The zero-order valence-corrected chi connectivity index (χ0v) is 23.0. The molecule has 1 saturated heterocycles. The number of aromatic nitrogens is 4. The Morgan fingerprint density at radius 2 is 1.88 bits per heavy atom. The molecule has 42 heavy (non-hydrogen) atoms. The Morgan fingerprint density at radius 3 is 2.52 bits per heavy atom. The maximum Gasteiger partial charge on any atom is 0.247 e. The molecule has 1 atom stereocenters. The smallest absolute Gasteiger partial charge is 0.247 e. The summed E-state index contributed by atoms with van der Waals surface area (Å²) in [7, 11) is 4.09. The second-order valence-electron chi connectivity index (χ2n) is 9.35. The molecule has 5 rings (SSSR count). The number of benzene rings is 1. The fraction of sp³-hybridized carbons (Fsp3) is 0.250. The molecular formula is C28H27F2N7O5. The molecule has 4 aromatic rings. The first-order valence-corrected chi connectivity index (χ1v) is 12.8. The van der Waals surface area contributed by atoms with Crippen molar-refractivity contribution in [2.75, 3.05) is 43.4 Å². The van der Waals surface area contributed by atoms with Crippen LogP contribution in [-0.2, 0) is 16.6 Å². The predicted octanol–water partition coefficient (Wildman–Crippen LogP) is 3.96. The van der Waals surface area contributed by atoms with Crippen LogP contribution in [0.4, 0.5) is 31.9 Å². The molecule has 0 radical (unpaired) electrons. The van der Waals surface area contributed by atoms with Crippen molar-refractivity contribution in [2.45, 2.75) is 12.5 Å². The van der Waals surface area contributed by atoms with E-state index in [0.717, 1.165) is 12.1 Å². The second kappa shape index (κ2) is 11.8. The van der Waals surface area contributed by atoms with Crippen LogP contribution in [0.3, 0.4) is 0 Å². The molecule has 0 aliphatic carbocycles. The quantitative estimate of drug-likeness (QED) is 0.187. The van der Waals surface area contributed by atoms with Gasteiger partial charge in [-0.3, -0.25) is 14.3 Å². The highest BCUT2D eigenvalue weighted by Crippen LogP contribution is 2.35. The van der Waals surface area contributed by atoms with Crippen molar-refractivity contribution in [1.29, 1.82) is 0 Å². The summed E-state index contributed by atoms with van der Waals surface area (Å²) in [6.45, 7) is 4.33. The van der Waals surface area contributed by atoms with Crippen LogP contribution >= 0.6 is 0 Å². The molecule has 12 nitrogen and oxygen atoms in total. The number of methoxy groups -OCH3 is 2. The van der Waals surface area contributed by atoms with Crippen LogP contribution in [0.2, 0.25) is 0 Å². The fourth-order valence-corrected chi connectivity index (χ4v) is 4.46. The number of nitrogens with one attached hydrogen (secondary N) is 3. The zero-order valence-electron chi connectivity index (χ0n) is 23.0. The Labute approximate surface area is 238 Å². The number of pyridine rings is 2. The number of carbonyl (C=O) groups excluding carboxylic acids is 2. The molecule has 1 aliphatic rings. The van der Waals surface area contributed by atoms with E-state index in [4.69, 9.17) is 14.2 Å². The number of anilines is 4. The minimum Gasteiger partial charge on any atom is -0.494 e. The number of ether oxygens (including phenoxy) is 3. The lowest BCUT2D eigenvalue weighted by molar-refractivity contribution is -0.111. The summed E-state index contributed by atoms with van der Waals surface area (Å²) in [5, 5.41) is 13.6. The van der Waals surface area contributed by atoms with Gasteiger partial charge in [-0.05, 0) is 18.6 Å². The van der Waals surface area contributed by atoms with E-state index in [2.05, 4.69) is 37.6 Å². The van der Waals surface area contributed by atoms with Gasteiger partial charge in [0, 0.05) is 37.4 Å². The maximum atomic E-state index is 15.3. The number of aryl methyl sites for hydroxylation is 1. The lowest BCUT2D eigenvalue weighted by Gasteiger charge is -2.17. The maximum absolute atomic E-state index is 15.3. The van der Waals surface area contributed by atoms with E-state index in [9.17, 15) is 9.59 Å². The first-order valence-electron chi connectivity index (χ1n) is 12.8. The predicted molar refractivity (Wildman–Crippen MR) is 151 cm³/mol. The summed E-state index contributed by atoms with van der Waals surface area (Å²) in [6.07, 6.45) is 4.84. The Balaban J connectivity index is 1.58. The number of fused-ring (bicyclic) bond motifs is 1. The van der Waals surface area contributed by atoms with Gasteiger partial charge >= 0.3 is 0 Å². The molecule has 1 aromatic carbocycles. The molecule has 0 bridgehead atoms.